The van der Waals surface area contributed by atoms with Gasteiger partial charge >= 0.3 is 5.97 Å². The largest absolute Gasteiger partial charge is 0.449 e. The minimum Gasteiger partial charge on any atom is -0.449 e. The van der Waals surface area contributed by atoms with E-state index < -0.39 is 6.10 Å². The van der Waals surface area contributed by atoms with Gasteiger partial charge in [-0.15, -0.1) is 0 Å². The number of ketones is 1. The summed E-state index contributed by atoms with van der Waals surface area (Å²) in [5, 5.41) is 0. The molecule has 0 unspecified atom stereocenters. The first kappa shape index (κ1) is 12.9. The Kier molecular flexibility index (Phi) is 2.71. The average Bonchev–Trinajstić information content (AvgIpc) is 2.65. The zero-order valence-electron chi connectivity index (χ0n) is 11.6. The first-order chi connectivity index (χ1) is 9.39. The number of nitrogens with two attached hydrogens (primary N) is 1. The lowest BCUT2D eigenvalue weighted by Crippen LogP contribution is -2.31. The molecule has 4 nitrogen and oxygen atoms in total. The van der Waals surface area contributed by atoms with E-state index in [0.717, 1.165) is 5.56 Å². The maximum Gasteiger partial charge on any atom is 0.339 e. The van der Waals surface area contributed by atoms with Crippen molar-refractivity contribution in [2.75, 3.05) is 0 Å². The van der Waals surface area contributed by atoms with E-state index in [1.54, 1.807) is 12.1 Å². The standard InChI is InChI=1S/C16H17NO3/c1-16(2)7-11(17)13(12(18)8-16)14-9-5-3-4-6-10(9)15(19)20-14/h3-6,14H,7-8,17H2,1-2H3/t14-/m1/s1. The lowest BCUT2D eigenvalue weighted by Gasteiger charge is -2.32. The Labute approximate surface area is 117 Å². The number of allylic oxidation sites excluding steroid dienone is 1. The monoisotopic (exact) mass is 271 g/mol. The lowest BCUT2D eigenvalue weighted by molar-refractivity contribution is -0.119. The molecule has 1 aliphatic heterocycles. The second-order valence-electron chi connectivity index (χ2n) is 6.25. The second kappa shape index (κ2) is 4.20. The molecule has 3 rings (SSSR count). The fourth-order valence-corrected chi connectivity index (χ4v) is 3.06. The molecule has 1 heterocycles. The third kappa shape index (κ3) is 1.92. The van der Waals surface area contributed by atoms with Crippen molar-refractivity contribution in [2.45, 2.75) is 32.8 Å². The number of cyclic esters (lactones) is 1. The summed E-state index contributed by atoms with van der Waals surface area (Å²) in [6.07, 6.45) is 0.436. The predicted molar refractivity (Wildman–Crippen MR) is 73.8 cm³/mol. The van der Waals surface area contributed by atoms with Crippen molar-refractivity contribution in [3.05, 3.63) is 46.7 Å². The van der Waals surface area contributed by atoms with Gasteiger partial charge in [-0.05, 0) is 17.9 Å². The topological polar surface area (TPSA) is 69.4 Å². The summed E-state index contributed by atoms with van der Waals surface area (Å²) in [5.74, 6) is -0.406. The van der Waals surface area contributed by atoms with Crippen LogP contribution in [0.25, 0.3) is 0 Å². The smallest absolute Gasteiger partial charge is 0.339 e. The molecule has 0 bridgehead atoms. The highest BCUT2D eigenvalue weighted by atomic mass is 16.5. The third-order valence-corrected chi connectivity index (χ3v) is 3.90. The number of benzene rings is 1. The number of esters is 1. The van der Waals surface area contributed by atoms with Crippen LogP contribution >= 0.6 is 0 Å². The van der Waals surface area contributed by atoms with E-state index in [0.29, 0.717) is 29.7 Å². The van der Waals surface area contributed by atoms with Crippen LogP contribution in [0.4, 0.5) is 0 Å². The number of fused-ring (bicyclic) bond motifs is 1. The molecule has 1 atom stereocenters. The van der Waals surface area contributed by atoms with Crippen LogP contribution in [-0.4, -0.2) is 11.8 Å². The van der Waals surface area contributed by atoms with Crippen LogP contribution < -0.4 is 5.73 Å². The van der Waals surface area contributed by atoms with Gasteiger partial charge in [0, 0.05) is 17.7 Å². The number of hydrogen-bond acceptors (Lipinski definition) is 4. The molecule has 0 amide bonds. The fraction of sp³-hybridized carbons (Fsp3) is 0.375. The van der Waals surface area contributed by atoms with Crippen LogP contribution in [-0.2, 0) is 9.53 Å². The van der Waals surface area contributed by atoms with Crippen molar-refractivity contribution in [3.8, 4) is 0 Å². The van der Waals surface area contributed by atoms with Gasteiger partial charge < -0.3 is 10.5 Å². The molecular formula is C16H17NO3. The Bertz CT molecular complexity index is 643. The first-order valence-electron chi connectivity index (χ1n) is 6.71. The van der Waals surface area contributed by atoms with Crippen molar-refractivity contribution in [3.63, 3.8) is 0 Å². The second-order valence-corrected chi connectivity index (χ2v) is 6.25. The van der Waals surface area contributed by atoms with Gasteiger partial charge in [0.15, 0.2) is 11.9 Å². The van der Waals surface area contributed by atoms with E-state index in [1.165, 1.54) is 0 Å². The Morgan fingerprint density at radius 3 is 2.60 bits per heavy atom. The third-order valence-electron chi connectivity index (χ3n) is 3.90. The lowest BCUT2D eigenvalue weighted by atomic mass is 9.74. The molecule has 0 saturated heterocycles. The number of Topliss-reactive ketones (excluding diaryl/α,β-unsaturated/α-hetero) is 1. The molecule has 0 fully saturated rings. The van der Waals surface area contributed by atoms with Crippen LogP contribution in [0.2, 0.25) is 0 Å². The van der Waals surface area contributed by atoms with Crippen LogP contribution in [0.3, 0.4) is 0 Å². The summed E-state index contributed by atoms with van der Waals surface area (Å²) >= 11 is 0. The summed E-state index contributed by atoms with van der Waals surface area (Å²) in [5.41, 5.74) is 8.23. The highest BCUT2D eigenvalue weighted by Gasteiger charge is 2.41. The normalized spacial score (nSPS) is 24.6. The van der Waals surface area contributed by atoms with Crippen LogP contribution in [0, 0.1) is 5.41 Å². The SMILES string of the molecule is CC1(C)CC(=O)C([C@@H]2OC(=O)c3ccccc32)=C(N)C1. The van der Waals surface area contributed by atoms with E-state index in [4.69, 9.17) is 10.5 Å². The summed E-state index contributed by atoms with van der Waals surface area (Å²) in [7, 11) is 0. The molecule has 1 aromatic rings. The molecule has 0 aromatic heterocycles. The fourth-order valence-electron chi connectivity index (χ4n) is 3.06. The number of rotatable bonds is 1. The predicted octanol–water partition coefficient (Wildman–Crippen LogP) is 2.50. The molecule has 1 aromatic carbocycles. The molecule has 2 aliphatic rings. The summed E-state index contributed by atoms with van der Waals surface area (Å²) < 4.78 is 5.38. The Morgan fingerprint density at radius 1 is 1.20 bits per heavy atom. The van der Waals surface area contributed by atoms with Gasteiger partial charge in [-0.3, -0.25) is 4.79 Å². The molecule has 20 heavy (non-hydrogen) atoms. The van der Waals surface area contributed by atoms with E-state index in [9.17, 15) is 9.59 Å². The summed E-state index contributed by atoms with van der Waals surface area (Å²) in [4.78, 5) is 24.3. The van der Waals surface area contributed by atoms with Crippen molar-refractivity contribution in [2.24, 2.45) is 11.1 Å². The van der Waals surface area contributed by atoms with Gasteiger partial charge in [0.25, 0.3) is 0 Å². The van der Waals surface area contributed by atoms with Crippen LogP contribution in [0.15, 0.2) is 35.5 Å². The Morgan fingerprint density at radius 2 is 1.90 bits per heavy atom. The van der Waals surface area contributed by atoms with Crippen LogP contribution in [0.1, 0.15) is 48.7 Å². The zero-order valence-corrected chi connectivity index (χ0v) is 11.6. The van der Waals surface area contributed by atoms with E-state index in [1.807, 2.05) is 26.0 Å². The summed E-state index contributed by atoms with van der Waals surface area (Å²) in [6, 6.07) is 7.15. The minimum absolute atomic E-state index is 0.0201. The molecular weight excluding hydrogens is 254 g/mol. The van der Waals surface area contributed by atoms with E-state index in [2.05, 4.69) is 0 Å². The highest BCUT2D eigenvalue weighted by Crippen LogP contribution is 2.43. The molecule has 0 saturated carbocycles. The van der Waals surface area contributed by atoms with Gasteiger partial charge in [0.2, 0.25) is 0 Å². The molecule has 0 radical (unpaired) electrons. The molecule has 104 valence electrons. The van der Waals surface area contributed by atoms with E-state index in [-0.39, 0.29) is 17.2 Å². The molecule has 0 spiro atoms. The number of ether oxygens (including phenoxy) is 1. The maximum absolute atomic E-state index is 12.4. The van der Waals surface area contributed by atoms with Gasteiger partial charge in [0.1, 0.15) is 0 Å². The van der Waals surface area contributed by atoms with Gasteiger partial charge in [-0.2, -0.15) is 0 Å². The van der Waals surface area contributed by atoms with Gasteiger partial charge in [-0.25, -0.2) is 4.79 Å². The average molecular weight is 271 g/mol. The van der Waals surface area contributed by atoms with Crippen LogP contribution in [0.5, 0.6) is 0 Å². The maximum atomic E-state index is 12.4. The highest BCUT2D eigenvalue weighted by molar-refractivity contribution is 6.02. The quantitative estimate of drug-likeness (QED) is 0.797. The van der Waals surface area contributed by atoms with Gasteiger partial charge in [-0.1, -0.05) is 32.0 Å². The molecule has 2 N–H and O–H groups in total. The van der Waals surface area contributed by atoms with Crippen molar-refractivity contribution >= 4 is 11.8 Å². The van der Waals surface area contributed by atoms with E-state index >= 15 is 0 Å². The number of carbonyl (C=O) groups excluding carboxylic acids is 2. The minimum atomic E-state index is -0.637. The Balaban J connectivity index is 2.07. The van der Waals surface area contributed by atoms with Gasteiger partial charge in [0.05, 0.1) is 11.1 Å². The number of hydrogen-bond donors (Lipinski definition) is 1. The zero-order chi connectivity index (χ0) is 14.5. The summed E-state index contributed by atoms with van der Waals surface area (Å²) in [6.45, 7) is 4.03. The van der Waals surface area contributed by atoms with Crippen molar-refractivity contribution < 1.29 is 14.3 Å². The number of carbonyl (C=O) groups is 2. The van der Waals surface area contributed by atoms with Crippen molar-refractivity contribution in [1.29, 1.82) is 0 Å². The van der Waals surface area contributed by atoms with Crippen molar-refractivity contribution in [1.82, 2.24) is 0 Å². The molecule has 1 aliphatic carbocycles. The molecule has 4 heteroatoms. The Hall–Kier alpha value is -2.10. The first-order valence-corrected chi connectivity index (χ1v) is 6.71.